The number of benzene rings is 2. The van der Waals surface area contributed by atoms with Crippen molar-refractivity contribution in [1.82, 2.24) is 0 Å². The third-order valence-electron chi connectivity index (χ3n) is 5.70. The first-order chi connectivity index (χ1) is 16.4. The Morgan fingerprint density at radius 2 is 1.18 bits per heavy atom. The standard InChI is InChI=1S/C14H17NO3.C13H15NO2/c1-4-15(5-2)14-9-12(16)11-7-6-10(17-3)8-13(11)18-14;1-3-14(4-2)13-9-11(15)10-7-5-6-8-12(10)16-13/h6-9H,4-5H2,1-3H3;5-9H,3-4H2,1-2H3. The fraction of sp³-hybridized carbons (Fsp3) is 0.333. The molecular formula is C27H32N2O5. The Kier molecular flexibility index (Phi) is 8.35. The topological polar surface area (TPSA) is 76.1 Å². The largest absolute Gasteiger partial charge is 0.497 e. The van der Waals surface area contributed by atoms with Gasteiger partial charge in [-0.2, -0.15) is 0 Å². The number of hydrogen-bond acceptors (Lipinski definition) is 7. The van der Waals surface area contributed by atoms with Gasteiger partial charge in [-0.15, -0.1) is 0 Å². The molecule has 0 aliphatic carbocycles. The predicted molar refractivity (Wildman–Crippen MR) is 139 cm³/mol. The summed E-state index contributed by atoms with van der Waals surface area (Å²) in [5.74, 6) is 1.93. The summed E-state index contributed by atoms with van der Waals surface area (Å²) in [6.45, 7) is 11.4. The molecule has 0 amide bonds. The predicted octanol–water partition coefficient (Wildman–Crippen LogP) is 5.29. The van der Waals surface area contributed by atoms with E-state index in [1.807, 2.05) is 55.7 Å². The molecule has 180 valence electrons. The Bertz CT molecular complexity index is 1350. The molecule has 7 nitrogen and oxygen atoms in total. The maximum Gasteiger partial charge on any atom is 0.199 e. The number of para-hydroxylation sites is 1. The van der Waals surface area contributed by atoms with Gasteiger partial charge >= 0.3 is 0 Å². The molecule has 4 aromatic rings. The second kappa shape index (κ2) is 11.4. The molecule has 0 fully saturated rings. The first kappa shape index (κ1) is 24.9. The Morgan fingerprint density at radius 1 is 0.676 bits per heavy atom. The summed E-state index contributed by atoms with van der Waals surface area (Å²) in [6.07, 6.45) is 0. The average Bonchev–Trinajstić information content (AvgIpc) is 2.86. The van der Waals surface area contributed by atoms with E-state index < -0.39 is 0 Å². The first-order valence-electron chi connectivity index (χ1n) is 11.6. The van der Waals surface area contributed by atoms with Crippen LogP contribution in [-0.2, 0) is 0 Å². The second-order valence-electron chi connectivity index (χ2n) is 7.60. The van der Waals surface area contributed by atoms with Crippen LogP contribution in [0.2, 0.25) is 0 Å². The lowest BCUT2D eigenvalue weighted by molar-refractivity contribution is 0.414. The first-order valence-corrected chi connectivity index (χ1v) is 11.6. The summed E-state index contributed by atoms with van der Waals surface area (Å²) in [5.41, 5.74) is 1.20. The molecule has 0 aliphatic rings. The Hall–Kier alpha value is -3.74. The van der Waals surface area contributed by atoms with E-state index in [2.05, 4.69) is 0 Å². The highest BCUT2D eigenvalue weighted by molar-refractivity contribution is 5.79. The van der Waals surface area contributed by atoms with Crippen LogP contribution in [0, 0.1) is 0 Å². The number of anilines is 2. The molecule has 0 spiro atoms. The van der Waals surface area contributed by atoms with Crippen molar-refractivity contribution < 1.29 is 13.6 Å². The van der Waals surface area contributed by atoms with Crippen molar-refractivity contribution in [3.05, 3.63) is 75.0 Å². The van der Waals surface area contributed by atoms with Crippen molar-refractivity contribution in [2.45, 2.75) is 27.7 Å². The molecule has 0 unspecified atom stereocenters. The van der Waals surface area contributed by atoms with Crippen molar-refractivity contribution >= 4 is 33.7 Å². The summed E-state index contributed by atoms with van der Waals surface area (Å²) in [6, 6.07) is 15.7. The number of nitrogens with zero attached hydrogens (tertiary/aromatic N) is 2. The zero-order valence-electron chi connectivity index (χ0n) is 20.5. The molecule has 7 heteroatoms. The molecule has 2 aromatic heterocycles. The lowest BCUT2D eigenvalue weighted by Crippen LogP contribution is -2.23. The molecule has 0 aliphatic heterocycles. The van der Waals surface area contributed by atoms with Gasteiger partial charge in [0.1, 0.15) is 16.9 Å². The van der Waals surface area contributed by atoms with E-state index in [-0.39, 0.29) is 10.9 Å². The molecule has 0 bridgehead atoms. The maximum atomic E-state index is 12.0. The quantitative estimate of drug-likeness (QED) is 0.368. The Labute approximate surface area is 199 Å². The normalized spacial score (nSPS) is 10.6. The van der Waals surface area contributed by atoms with Gasteiger partial charge in [-0.3, -0.25) is 9.59 Å². The van der Waals surface area contributed by atoms with Crippen molar-refractivity contribution in [2.75, 3.05) is 43.1 Å². The minimum Gasteiger partial charge on any atom is -0.497 e. The van der Waals surface area contributed by atoms with E-state index in [4.69, 9.17) is 13.6 Å². The molecule has 0 atom stereocenters. The second-order valence-corrected chi connectivity index (χ2v) is 7.60. The van der Waals surface area contributed by atoms with Crippen molar-refractivity contribution in [3.8, 4) is 5.75 Å². The van der Waals surface area contributed by atoms with Gasteiger partial charge in [-0.1, -0.05) is 12.1 Å². The fourth-order valence-corrected chi connectivity index (χ4v) is 3.72. The van der Waals surface area contributed by atoms with E-state index in [1.165, 1.54) is 0 Å². The van der Waals surface area contributed by atoms with Gasteiger partial charge in [0.05, 0.1) is 17.9 Å². The van der Waals surface area contributed by atoms with Gasteiger partial charge < -0.3 is 23.4 Å². The van der Waals surface area contributed by atoms with E-state index >= 15 is 0 Å². The Balaban J connectivity index is 0.000000192. The van der Waals surface area contributed by atoms with Crippen LogP contribution in [0.4, 0.5) is 11.8 Å². The number of ether oxygens (including phenoxy) is 1. The van der Waals surface area contributed by atoms with Crippen LogP contribution in [0.25, 0.3) is 21.9 Å². The lowest BCUT2D eigenvalue weighted by atomic mass is 10.2. The molecule has 0 saturated carbocycles. The summed E-state index contributed by atoms with van der Waals surface area (Å²) >= 11 is 0. The zero-order chi connectivity index (χ0) is 24.7. The van der Waals surface area contributed by atoms with Crippen LogP contribution in [0.1, 0.15) is 27.7 Å². The third kappa shape index (κ3) is 5.42. The van der Waals surface area contributed by atoms with E-state index in [1.54, 1.807) is 43.5 Å². The van der Waals surface area contributed by atoms with Gasteiger partial charge in [-0.25, -0.2) is 0 Å². The third-order valence-corrected chi connectivity index (χ3v) is 5.70. The minimum absolute atomic E-state index is 0.0174. The van der Waals surface area contributed by atoms with Crippen molar-refractivity contribution in [1.29, 1.82) is 0 Å². The number of fused-ring (bicyclic) bond motifs is 2. The van der Waals surface area contributed by atoms with E-state index in [0.29, 0.717) is 39.5 Å². The van der Waals surface area contributed by atoms with Crippen molar-refractivity contribution in [3.63, 3.8) is 0 Å². The van der Waals surface area contributed by atoms with E-state index in [0.717, 1.165) is 26.2 Å². The van der Waals surface area contributed by atoms with Crippen LogP contribution in [0.15, 0.2) is 73.0 Å². The van der Waals surface area contributed by atoms with Gasteiger partial charge in [0.25, 0.3) is 0 Å². The molecule has 2 heterocycles. The molecule has 34 heavy (non-hydrogen) atoms. The highest BCUT2D eigenvalue weighted by atomic mass is 16.5. The number of methoxy groups -OCH3 is 1. The molecule has 2 aromatic carbocycles. The number of rotatable bonds is 7. The average molecular weight is 465 g/mol. The minimum atomic E-state index is -0.0270. The zero-order valence-corrected chi connectivity index (χ0v) is 20.5. The molecule has 0 saturated heterocycles. The monoisotopic (exact) mass is 464 g/mol. The van der Waals surface area contributed by atoms with Gasteiger partial charge in [0.15, 0.2) is 22.6 Å². The highest BCUT2D eigenvalue weighted by Crippen LogP contribution is 2.23. The number of hydrogen-bond donors (Lipinski definition) is 0. The summed E-state index contributed by atoms with van der Waals surface area (Å²) in [5, 5.41) is 1.21. The van der Waals surface area contributed by atoms with Gasteiger partial charge in [0, 0.05) is 44.4 Å². The van der Waals surface area contributed by atoms with Crippen LogP contribution in [0.5, 0.6) is 5.75 Å². The van der Waals surface area contributed by atoms with Crippen LogP contribution < -0.4 is 25.4 Å². The highest BCUT2D eigenvalue weighted by Gasteiger charge is 2.10. The van der Waals surface area contributed by atoms with Crippen LogP contribution in [0.3, 0.4) is 0 Å². The summed E-state index contributed by atoms with van der Waals surface area (Å²) in [4.78, 5) is 27.9. The van der Waals surface area contributed by atoms with E-state index in [9.17, 15) is 9.59 Å². The summed E-state index contributed by atoms with van der Waals surface area (Å²) in [7, 11) is 1.59. The lowest BCUT2D eigenvalue weighted by Gasteiger charge is -2.19. The van der Waals surface area contributed by atoms with Gasteiger partial charge in [-0.05, 0) is 52.0 Å². The van der Waals surface area contributed by atoms with Crippen LogP contribution in [-0.4, -0.2) is 33.3 Å². The van der Waals surface area contributed by atoms with Gasteiger partial charge in [0.2, 0.25) is 0 Å². The summed E-state index contributed by atoms with van der Waals surface area (Å²) < 4.78 is 16.6. The van der Waals surface area contributed by atoms with Crippen LogP contribution >= 0.6 is 0 Å². The molecule has 0 N–H and O–H groups in total. The molecular weight excluding hydrogens is 432 g/mol. The molecule has 4 rings (SSSR count). The molecule has 0 radical (unpaired) electrons. The maximum absolute atomic E-state index is 12.0. The fourth-order valence-electron chi connectivity index (χ4n) is 3.72. The smallest absolute Gasteiger partial charge is 0.199 e. The van der Waals surface area contributed by atoms with Crippen molar-refractivity contribution in [2.24, 2.45) is 0 Å². The SMILES string of the molecule is CCN(CC)c1cc(=O)c2ccc(OC)cc2o1.CCN(CC)c1cc(=O)c2ccccc2o1. The Morgan fingerprint density at radius 3 is 1.71 bits per heavy atom.